The lowest BCUT2D eigenvalue weighted by Crippen LogP contribution is -2.28. The van der Waals surface area contributed by atoms with Crippen LogP contribution in [0.1, 0.15) is 43.9 Å². The number of carbonyl (C=O) groups is 1. The minimum absolute atomic E-state index is 0.117. The number of aryl methyl sites for hydroxylation is 1. The van der Waals surface area contributed by atoms with Gasteiger partial charge < -0.3 is 9.88 Å². The molecule has 1 amide bonds. The predicted octanol–water partition coefficient (Wildman–Crippen LogP) is 5.22. The number of benzene rings is 1. The molecule has 0 aliphatic carbocycles. The van der Waals surface area contributed by atoms with Crippen LogP contribution in [0, 0.1) is 0 Å². The van der Waals surface area contributed by atoms with Gasteiger partial charge in [-0.3, -0.25) is 9.78 Å². The lowest BCUT2D eigenvalue weighted by Gasteiger charge is -2.14. The Morgan fingerprint density at radius 1 is 1.30 bits per heavy atom. The third-order valence-corrected chi connectivity index (χ3v) is 5.65. The number of nitrogens with zero attached hydrogens (tertiary/aromatic N) is 3. The van der Waals surface area contributed by atoms with Crippen molar-refractivity contribution in [3.05, 3.63) is 53.9 Å². The van der Waals surface area contributed by atoms with Crippen molar-refractivity contribution in [1.29, 1.82) is 0 Å². The Morgan fingerprint density at radius 3 is 2.77 bits per heavy atom. The zero-order chi connectivity index (χ0) is 21.7. The fourth-order valence-electron chi connectivity index (χ4n) is 3.06. The number of carbonyl (C=O) groups excluding carboxylic acids is 1. The summed E-state index contributed by atoms with van der Waals surface area (Å²) < 4.78 is 41.0. The minimum atomic E-state index is -4.42. The Morgan fingerprint density at radius 2 is 2.10 bits per heavy atom. The van der Waals surface area contributed by atoms with Crippen LogP contribution in [0.5, 0.6) is 0 Å². The fraction of sp³-hybridized carbons (Fsp3) is 0.381. The molecule has 0 spiro atoms. The molecule has 9 heteroatoms. The van der Waals surface area contributed by atoms with E-state index in [1.54, 1.807) is 18.5 Å². The van der Waals surface area contributed by atoms with Crippen LogP contribution < -0.4 is 5.32 Å². The summed E-state index contributed by atoms with van der Waals surface area (Å²) in [6.07, 6.45) is 0.744. The van der Waals surface area contributed by atoms with Crippen LogP contribution in [0.3, 0.4) is 0 Å². The SMILES string of the molecule is CCCCn1c(SCC(=O)NC(C)c2cccnc2)nc2cc(C(F)(F)F)ccc21. The van der Waals surface area contributed by atoms with E-state index in [0.29, 0.717) is 17.2 Å². The van der Waals surface area contributed by atoms with Gasteiger partial charge in [0.25, 0.3) is 0 Å². The van der Waals surface area contributed by atoms with E-state index in [9.17, 15) is 18.0 Å². The number of imidazole rings is 1. The number of amides is 1. The van der Waals surface area contributed by atoms with Crippen LogP contribution in [-0.2, 0) is 17.5 Å². The number of halogens is 3. The first-order chi connectivity index (χ1) is 14.3. The zero-order valence-electron chi connectivity index (χ0n) is 16.7. The van der Waals surface area contributed by atoms with Gasteiger partial charge in [-0.05, 0) is 43.2 Å². The molecule has 160 valence electrons. The lowest BCUT2D eigenvalue weighted by atomic mass is 10.1. The summed E-state index contributed by atoms with van der Waals surface area (Å²) in [5.41, 5.74) is 1.09. The normalized spacial score (nSPS) is 12.8. The van der Waals surface area contributed by atoms with E-state index >= 15 is 0 Å². The van der Waals surface area contributed by atoms with Crippen molar-refractivity contribution in [2.75, 3.05) is 5.75 Å². The molecule has 1 aromatic carbocycles. The van der Waals surface area contributed by atoms with Gasteiger partial charge in [-0.2, -0.15) is 13.2 Å². The van der Waals surface area contributed by atoms with Gasteiger partial charge in [0.1, 0.15) is 0 Å². The Hall–Kier alpha value is -2.55. The second-order valence-corrected chi connectivity index (χ2v) is 7.91. The first-order valence-electron chi connectivity index (χ1n) is 9.69. The number of thioether (sulfide) groups is 1. The summed E-state index contributed by atoms with van der Waals surface area (Å²) in [5.74, 6) is -0.0620. The van der Waals surface area contributed by atoms with Gasteiger partial charge in [0.05, 0.1) is 28.4 Å². The highest BCUT2D eigenvalue weighted by atomic mass is 32.2. The molecule has 0 fully saturated rings. The largest absolute Gasteiger partial charge is 0.416 e. The summed E-state index contributed by atoms with van der Waals surface area (Å²) in [6.45, 7) is 4.55. The topological polar surface area (TPSA) is 59.8 Å². The van der Waals surface area contributed by atoms with Crippen LogP contribution in [0.2, 0.25) is 0 Å². The number of hydrogen-bond acceptors (Lipinski definition) is 4. The van der Waals surface area contributed by atoms with E-state index in [1.807, 2.05) is 24.5 Å². The van der Waals surface area contributed by atoms with Gasteiger partial charge in [-0.15, -0.1) is 0 Å². The van der Waals surface area contributed by atoms with Crippen molar-refractivity contribution in [3.63, 3.8) is 0 Å². The van der Waals surface area contributed by atoms with E-state index < -0.39 is 11.7 Å². The maximum Gasteiger partial charge on any atom is 0.416 e. The van der Waals surface area contributed by atoms with E-state index in [4.69, 9.17) is 0 Å². The molecule has 1 atom stereocenters. The summed E-state index contributed by atoms with van der Waals surface area (Å²) in [6, 6.07) is 7.08. The number of nitrogens with one attached hydrogen (secondary N) is 1. The molecule has 1 unspecified atom stereocenters. The van der Waals surface area contributed by atoms with Crippen molar-refractivity contribution in [1.82, 2.24) is 19.9 Å². The molecule has 0 bridgehead atoms. The highest BCUT2D eigenvalue weighted by molar-refractivity contribution is 7.99. The van der Waals surface area contributed by atoms with Crippen LogP contribution in [0.25, 0.3) is 11.0 Å². The zero-order valence-corrected chi connectivity index (χ0v) is 17.6. The van der Waals surface area contributed by atoms with E-state index in [2.05, 4.69) is 15.3 Å². The van der Waals surface area contributed by atoms with Crippen molar-refractivity contribution >= 4 is 28.7 Å². The Labute approximate surface area is 177 Å². The van der Waals surface area contributed by atoms with E-state index in [0.717, 1.165) is 30.5 Å². The molecule has 0 aliphatic rings. The molecule has 2 heterocycles. The first-order valence-corrected chi connectivity index (χ1v) is 10.7. The second-order valence-electron chi connectivity index (χ2n) is 6.97. The van der Waals surface area contributed by atoms with Gasteiger partial charge in [-0.1, -0.05) is 31.2 Å². The van der Waals surface area contributed by atoms with Crippen LogP contribution in [-0.4, -0.2) is 26.2 Å². The van der Waals surface area contributed by atoms with Crippen LogP contribution in [0.15, 0.2) is 47.9 Å². The quantitative estimate of drug-likeness (QED) is 0.492. The summed E-state index contributed by atoms with van der Waals surface area (Å²) >= 11 is 1.22. The minimum Gasteiger partial charge on any atom is -0.349 e. The van der Waals surface area contributed by atoms with Gasteiger partial charge in [0, 0.05) is 18.9 Å². The van der Waals surface area contributed by atoms with E-state index in [-0.39, 0.29) is 23.2 Å². The van der Waals surface area contributed by atoms with Gasteiger partial charge in [0.15, 0.2) is 5.16 Å². The predicted molar refractivity (Wildman–Crippen MR) is 111 cm³/mol. The number of rotatable bonds is 8. The third-order valence-electron chi connectivity index (χ3n) is 4.67. The van der Waals surface area contributed by atoms with E-state index in [1.165, 1.54) is 17.8 Å². The molecule has 0 saturated heterocycles. The molecule has 5 nitrogen and oxygen atoms in total. The maximum atomic E-state index is 13.0. The molecule has 1 N–H and O–H groups in total. The van der Waals surface area contributed by atoms with Crippen molar-refractivity contribution in [2.24, 2.45) is 0 Å². The molecule has 0 radical (unpaired) electrons. The smallest absolute Gasteiger partial charge is 0.349 e. The summed E-state index contributed by atoms with van der Waals surface area (Å²) in [7, 11) is 0. The average molecular weight is 437 g/mol. The summed E-state index contributed by atoms with van der Waals surface area (Å²) in [4.78, 5) is 20.8. The van der Waals surface area contributed by atoms with Crippen molar-refractivity contribution in [2.45, 2.75) is 50.6 Å². The third kappa shape index (κ3) is 5.33. The molecule has 2 aromatic heterocycles. The molecule has 3 rings (SSSR count). The Balaban J connectivity index is 1.75. The number of unbranched alkanes of at least 4 members (excludes halogenated alkanes) is 1. The number of hydrogen-bond donors (Lipinski definition) is 1. The molecule has 0 saturated carbocycles. The van der Waals surface area contributed by atoms with Gasteiger partial charge in [-0.25, -0.2) is 4.98 Å². The van der Waals surface area contributed by atoms with Crippen LogP contribution in [0.4, 0.5) is 13.2 Å². The highest BCUT2D eigenvalue weighted by Crippen LogP contribution is 2.33. The molecule has 30 heavy (non-hydrogen) atoms. The Kier molecular flexibility index (Phi) is 7.02. The maximum absolute atomic E-state index is 13.0. The fourth-order valence-corrected chi connectivity index (χ4v) is 3.91. The lowest BCUT2D eigenvalue weighted by molar-refractivity contribution is -0.137. The molecule has 0 aliphatic heterocycles. The number of aromatic nitrogens is 3. The molecule has 3 aromatic rings. The standard InChI is InChI=1S/C21H23F3N4OS/c1-3-4-10-28-18-8-7-16(21(22,23)24)11-17(18)27-20(28)30-13-19(29)26-14(2)15-6-5-9-25-12-15/h5-9,11-12,14H,3-4,10,13H2,1-2H3,(H,26,29). The summed E-state index contributed by atoms with van der Waals surface area (Å²) in [5, 5.41) is 3.45. The number of pyridine rings is 1. The van der Waals surface area contributed by atoms with Gasteiger partial charge in [0.2, 0.25) is 5.91 Å². The highest BCUT2D eigenvalue weighted by Gasteiger charge is 2.31. The number of fused-ring (bicyclic) bond motifs is 1. The average Bonchev–Trinajstić information content (AvgIpc) is 3.07. The monoisotopic (exact) mass is 436 g/mol. The van der Waals surface area contributed by atoms with Crippen LogP contribution >= 0.6 is 11.8 Å². The van der Waals surface area contributed by atoms with Crippen molar-refractivity contribution < 1.29 is 18.0 Å². The van der Waals surface area contributed by atoms with Crippen molar-refractivity contribution in [3.8, 4) is 0 Å². The Bertz CT molecular complexity index is 1000. The molecular weight excluding hydrogens is 413 g/mol. The number of alkyl halides is 3. The van der Waals surface area contributed by atoms with Gasteiger partial charge >= 0.3 is 6.18 Å². The molecular formula is C21H23F3N4OS. The first kappa shape index (κ1) is 22.1. The second kappa shape index (κ2) is 9.51.